The molecular weight excluding hydrogens is 170 g/mol. The van der Waals surface area contributed by atoms with Crippen LogP contribution in [0.5, 0.6) is 0 Å². The van der Waals surface area contributed by atoms with E-state index in [1.807, 2.05) is 6.92 Å². The average Bonchev–Trinajstić information content (AvgIpc) is 2.04. The Morgan fingerprint density at radius 3 is 2.69 bits per heavy atom. The monoisotopic (exact) mass is 189 g/mol. The van der Waals surface area contributed by atoms with Gasteiger partial charge in [0.25, 0.3) is 0 Å². The fourth-order valence-corrected chi connectivity index (χ4v) is 1.89. The smallest absolute Gasteiger partial charge is 0.103 e. The van der Waals surface area contributed by atoms with E-state index >= 15 is 0 Å². The van der Waals surface area contributed by atoms with E-state index in [1.54, 1.807) is 14.0 Å². The molecule has 0 amide bonds. The third-order valence-electron chi connectivity index (χ3n) is 2.70. The van der Waals surface area contributed by atoms with Gasteiger partial charge in [0.2, 0.25) is 0 Å². The van der Waals surface area contributed by atoms with Gasteiger partial charge in [-0.25, -0.2) is 0 Å². The van der Waals surface area contributed by atoms with E-state index in [-0.39, 0.29) is 18.8 Å². The predicted octanol–water partition coefficient (Wildman–Crippen LogP) is -0.505. The standard InChI is InChI=1S/C9H19NO3/c1-4-6-7(11)8(10-3)9(2,12)5-13-6/h6-8,10-12H,4-5H2,1-3H3/t6?,7?,8?,9-/m0/s1. The predicted molar refractivity (Wildman–Crippen MR) is 49.5 cm³/mol. The van der Waals surface area contributed by atoms with Gasteiger partial charge in [-0.05, 0) is 20.4 Å². The molecule has 0 bridgehead atoms. The molecule has 1 aliphatic rings. The van der Waals surface area contributed by atoms with Gasteiger partial charge in [0.05, 0.1) is 24.9 Å². The molecule has 1 saturated heterocycles. The summed E-state index contributed by atoms with van der Waals surface area (Å²) in [5.41, 5.74) is -0.986. The molecule has 13 heavy (non-hydrogen) atoms. The number of nitrogens with one attached hydrogen (secondary N) is 1. The Morgan fingerprint density at radius 1 is 1.62 bits per heavy atom. The van der Waals surface area contributed by atoms with Crippen LogP contribution in [-0.2, 0) is 4.74 Å². The average molecular weight is 189 g/mol. The third kappa shape index (κ3) is 2.02. The van der Waals surface area contributed by atoms with Crippen LogP contribution in [-0.4, -0.2) is 47.7 Å². The molecule has 1 rings (SSSR count). The van der Waals surface area contributed by atoms with Crippen LogP contribution in [0.2, 0.25) is 0 Å². The first-order chi connectivity index (χ1) is 6.03. The van der Waals surface area contributed by atoms with Crippen LogP contribution in [0.25, 0.3) is 0 Å². The highest BCUT2D eigenvalue weighted by atomic mass is 16.5. The number of hydrogen-bond acceptors (Lipinski definition) is 4. The lowest BCUT2D eigenvalue weighted by molar-refractivity contribution is -0.182. The zero-order valence-electron chi connectivity index (χ0n) is 8.45. The first-order valence-electron chi connectivity index (χ1n) is 4.72. The fourth-order valence-electron chi connectivity index (χ4n) is 1.89. The van der Waals surface area contributed by atoms with E-state index in [0.717, 1.165) is 6.42 Å². The van der Waals surface area contributed by atoms with Crippen LogP contribution in [0, 0.1) is 0 Å². The summed E-state index contributed by atoms with van der Waals surface area (Å²) >= 11 is 0. The largest absolute Gasteiger partial charge is 0.389 e. The molecule has 1 aliphatic heterocycles. The van der Waals surface area contributed by atoms with Gasteiger partial charge in [-0.3, -0.25) is 0 Å². The van der Waals surface area contributed by atoms with Crippen molar-refractivity contribution < 1.29 is 14.9 Å². The van der Waals surface area contributed by atoms with Crippen molar-refractivity contribution >= 4 is 0 Å². The second kappa shape index (κ2) is 3.92. The van der Waals surface area contributed by atoms with Crippen LogP contribution in [0.4, 0.5) is 0 Å². The molecule has 0 aromatic rings. The van der Waals surface area contributed by atoms with Gasteiger partial charge < -0.3 is 20.3 Å². The Bertz CT molecular complexity index is 172. The second-order valence-electron chi connectivity index (χ2n) is 3.87. The summed E-state index contributed by atoms with van der Waals surface area (Å²) < 4.78 is 5.35. The quantitative estimate of drug-likeness (QED) is 0.548. The first-order valence-corrected chi connectivity index (χ1v) is 4.72. The Labute approximate surface area is 78.9 Å². The molecule has 3 N–H and O–H groups in total. The van der Waals surface area contributed by atoms with Crippen molar-refractivity contribution in [3.05, 3.63) is 0 Å². The molecular formula is C9H19NO3. The van der Waals surface area contributed by atoms with Crippen molar-refractivity contribution in [3.63, 3.8) is 0 Å². The zero-order valence-corrected chi connectivity index (χ0v) is 8.45. The van der Waals surface area contributed by atoms with Gasteiger partial charge in [0.15, 0.2) is 0 Å². The molecule has 0 aromatic carbocycles. The minimum absolute atomic E-state index is 0.169. The van der Waals surface area contributed by atoms with Crippen LogP contribution < -0.4 is 5.32 Å². The van der Waals surface area contributed by atoms with Crippen LogP contribution in [0.3, 0.4) is 0 Å². The molecule has 78 valence electrons. The Hall–Kier alpha value is -0.160. The van der Waals surface area contributed by atoms with Crippen LogP contribution in [0.1, 0.15) is 20.3 Å². The van der Waals surface area contributed by atoms with Crippen molar-refractivity contribution in [2.75, 3.05) is 13.7 Å². The number of ether oxygens (including phenoxy) is 1. The lowest BCUT2D eigenvalue weighted by Crippen LogP contribution is -2.64. The Morgan fingerprint density at radius 2 is 2.23 bits per heavy atom. The number of rotatable bonds is 2. The first kappa shape index (κ1) is 10.9. The van der Waals surface area contributed by atoms with E-state index in [2.05, 4.69) is 5.32 Å². The molecule has 3 unspecified atom stereocenters. The summed E-state index contributed by atoms with van der Waals surface area (Å²) in [7, 11) is 1.74. The summed E-state index contributed by atoms with van der Waals surface area (Å²) in [5.74, 6) is 0. The molecule has 0 saturated carbocycles. The highest BCUT2D eigenvalue weighted by Crippen LogP contribution is 2.24. The molecule has 0 aliphatic carbocycles. The van der Waals surface area contributed by atoms with E-state index < -0.39 is 11.7 Å². The molecule has 1 heterocycles. The van der Waals surface area contributed by atoms with Gasteiger partial charge in [-0.2, -0.15) is 0 Å². The second-order valence-corrected chi connectivity index (χ2v) is 3.87. The number of likely N-dealkylation sites (N-methyl/N-ethyl adjacent to an activating group) is 1. The lowest BCUT2D eigenvalue weighted by Gasteiger charge is -2.43. The van der Waals surface area contributed by atoms with Crippen LogP contribution >= 0.6 is 0 Å². The maximum absolute atomic E-state index is 9.87. The van der Waals surface area contributed by atoms with Crippen molar-refractivity contribution in [2.45, 2.75) is 44.1 Å². The van der Waals surface area contributed by atoms with Gasteiger partial charge in [0.1, 0.15) is 5.60 Å². The van der Waals surface area contributed by atoms with Gasteiger partial charge >= 0.3 is 0 Å². The summed E-state index contributed by atoms with van der Waals surface area (Å²) in [6.45, 7) is 3.90. The highest BCUT2D eigenvalue weighted by molar-refractivity contribution is 4.98. The molecule has 4 nitrogen and oxygen atoms in total. The summed E-state index contributed by atoms with van der Waals surface area (Å²) in [5, 5.41) is 22.6. The zero-order chi connectivity index (χ0) is 10.1. The minimum Gasteiger partial charge on any atom is -0.389 e. The van der Waals surface area contributed by atoms with Crippen molar-refractivity contribution in [3.8, 4) is 0 Å². The Kier molecular flexibility index (Phi) is 3.29. The Balaban J connectivity index is 2.72. The van der Waals surface area contributed by atoms with Crippen molar-refractivity contribution in [1.29, 1.82) is 0 Å². The normalized spacial score (nSPS) is 46.4. The molecule has 0 radical (unpaired) electrons. The molecule has 1 fully saturated rings. The highest BCUT2D eigenvalue weighted by Gasteiger charge is 2.44. The maximum Gasteiger partial charge on any atom is 0.103 e. The maximum atomic E-state index is 9.87. The van der Waals surface area contributed by atoms with E-state index in [9.17, 15) is 10.2 Å². The van der Waals surface area contributed by atoms with Crippen molar-refractivity contribution in [2.24, 2.45) is 0 Å². The minimum atomic E-state index is -0.986. The number of aliphatic hydroxyl groups is 2. The fraction of sp³-hybridized carbons (Fsp3) is 1.00. The molecule has 4 atom stereocenters. The molecule has 4 heteroatoms. The summed E-state index contributed by atoms with van der Waals surface area (Å²) in [6.07, 6.45) is -0.0495. The SMILES string of the molecule is CCC1OC[C@](C)(O)C(NC)C1O. The van der Waals surface area contributed by atoms with Gasteiger partial charge in [-0.1, -0.05) is 6.92 Å². The van der Waals surface area contributed by atoms with Crippen molar-refractivity contribution in [1.82, 2.24) is 5.32 Å². The number of hydrogen-bond donors (Lipinski definition) is 3. The summed E-state index contributed by atoms with van der Waals surface area (Å²) in [4.78, 5) is 0. The molecule has 0 aromatic heterocycles. The molecule has 0 spiro atoms. The topological polar surface area (TPSA) is 61.7 Å². The van der Waals surface area contributed by atoms with Gasteiger partial charge in [-0.15, -0.1) is 0 Å². The van der Waals surface area contributed by atoms with Gasteiger partial charge in [0, 0.05) is 0 Å². The van der Waals surface area contributed by atoms with E-state index in [0.29, 0.717) is 0 Å². The number of aliphatic hydroxyl groups excluding tert-OH is 1. The van der Waals surface area contributed by atoms with E-state index in [4.69, 9.17) is 4.74 Å². The van der Waals surface area contributed by atoms with Crippen LogP contribution in [0.15, 0.2) is 0 Å². The lowest BCUT2D eigenvalue weighted by atomic mass is 9.86. The summed E-state index contributed by atoms with van der Waals surface area (Å²) in [6, 6.07) is -0.314. The van der Waals surface area contributed by atoms with E-state index in [1.165, 1.54) is 0 Å². The third-order valence-corrected chi connectivity index (χ3v) is 2.70.